The maximum atomic E-state index is 13.8. The second-order valence-electron chi connectivity index (χ2n) is 6.70. The van der Waals surface area contributed by atoms with E-state index in [1.165, 1.54) is 30.1 Å². The number of benzene rings is 3. The minimum Gasteiger partial charge on any atom is -0.272 e. The third-order valence-electron chi connectivity index (χ3n) is 4.47. The molecule has 0 aliphatic carbocycles. The van der Waals surface area contributed by atoms with Crippen molar-refractivity contribution in [3.8, 4) is 17.1 Å². The van der Waals surface area contributed by atoms with Gasteiger partial charge in [-0.05, 0) is 36.4 Å². The summed E-state index contributed by atoms with van der Waals surface area (Å²) in [4.78, 5) is 12.3. The van der Waals surface area contributed by atoms with Crippen LogP contribution in [0.15, 0.2) is 87.5 Å². The largest absolute Gasteiger partial charge is 0.272 e. The second kappa shape index (κ2) is 10.7. The average Bonchev–Trinajstić information content (AvgIpc) is 3.25. The minimum atomic E-state index is -0.522. The molecule has 4 rings (SSSR count). The van der Waals surface area contributed by atoms with E-state index in [0.717, 1.165) is 15.7 Å². The van der Waals surface area contributed by atoms with Gasteiger partial charge in [0.15, 0.2) is 11.0 Å². The normalized spacial score (nSPS) is 11.1. The van der Waals surface area contributed by atoms with Crippen molar-refractivity contribution in [3.63, 3.8) is 0 Å². The maximum absolute atomic E-state index is 13.8. The van der Waals surface area contributed by atoms with Crippen LogP contribution in [0.1, 0.15) is 5.56 Å². The van der Waals surface area contributed by atoms with Crippen LogP contribution < -0.4 is 5.43 Å². The van der Waals surface area contributed by atoms with Gasteiger partial charge in [0.1, 0.15) is 5.82 Å². The summed E-state index contributed by atoms with van der Waals surface area (Å²) in [6, 6.07) is 21.7. The molecule has 0 saturated heterocycles. The summed E-state index contributed by atoms with van der Waals surface area (Å²) in [6.07, 6.45) is 1.18. The molecule has 0 unspecified atom stereocenters. The van der Waals surface area contributed by atoms with Crippen molar-refractivity contribution < 1.29 is 9.18 Å². The number of aromatic nitrogens is 3. The molecular weight excluding hydrogens is 529 g/mol. The number of halogens is 3. The molecule has 0 radical (unpaired) electrons. The monoisotopic (exact) mass is 543 g/mol. The maximum Gasteiger partial charge on any atom is 0.250 e. The number of rotatable bonds is 7. The van der Waals surface area contributed by atoms with Gasteiger partial charge in [0, 0.05) is 21.3 Å². The molecule has 1 amide bonds. The molecule has 0 saturated carbocycles. The molecule has 1 heterocycles. The van der Waals surface area contributed by atoms with E-state index < -0.39 is 5.82 Å². The van der Waals surface area contributed by atoms with E-state index >= 15 is 0 Å². The van der Waals surface area contributed by atoms with E-state index in [1.54, 1.807) is 6.07 Å². The van der Waals surface area contributed by atoms with Gasteiger partial charge in [-0.2, -0.15) is 5.10 Å². The Balaban J connectivity index is 1.51. The number of carbonyl (C=O) groups excluding carboxylic acids is 1. The van der Waals surface area contributed by atoms with Gasteiger partial charge in [0.2, 0.25) is 0 Å². The topological polar surface area (TPSA) is 72.2 Å². The third kappa shape index (κ3) is 5.68. The Morgan fingerprint density at radius 3 is 2.58 bits per heavy atom. The highest BCUT2D eigenvalue weighted by Gasteiger charge is 2.17. The van der Waals surface area contributed by atoms with Crippen molar-refractivity contribution in [3.05, 3.63) is 93.7 Å². The van der Waals surface area contributed by atoms with E-state index in [9.17, 15) is 9.18 Å². The Kier molecular flexibility index (Phi) is 7.54. The third-order valence-corrected chi connectivity index (χ3v) is 6.25. The van der Waals surface area contributed by atoms with E-state index in [4.69, 9.17) is 11.6 Å². The number of amides is 1. The van der Waals surface area contributed by atoms with E-state index in [-0.39, 0.29) is 22.2 Å². The van der Waals surface area contributed by atoms with Crippen molar-refractivity contribution in [2.24, 2.45) is 5.10 Å². The van der Waals surface area contributed by atoms with Crippen LogP contribution in [-0.2, 0) is 4.79 Å². The standard InChI is InChI=1S/C23H16BrClFN5OS/c24-16-9-11-17(12-10-16)31-22(15-5-2-1-3-6-15)29-30-23(31)33-14-21(32)28-27-13-18-19(25)7-4-8-20(18)26/h1-13H,14H2,(H,28,32)/b27-13+. The molecule has 0 aliphatic rings. The number of thioether (sulfide) groups is 1. The van der Waals surface area contributed by atoms with Crippen molar-refractivity contribution in [1.82, 2.24) is 20.2 Å². The van der Waals surface area contributed by atoms with Crippen LogP contribution >= 0.6 is 39.3 Å². The Labute approximate surface area is 207 Å². The van der Waals surface area contributed by atoms with Crippen molar-refractivity contribution in [2.75, 3.05) is 5.75 Å². The van der Waals surface area contributed by atoms with Gasteiger partial charge in [-0.15, -0.1) is 10.2 Å². The Hall–Kier alpha value is -3.01. The van der Waals surface area contributed by atoms with Crippen LogP contribution in [0.25, 0.3) is 17.1 Å². The molecule has 0 fully saturated rings. The number of nitrogens with zero attached hydrogens (tertiary/aromatic N) is 4. The lowest BCUT2D eigenvalue weighted by atomic mass is 10.2. The molecule has 1 N–H and O–H groups in total. The quantitative estimate of drug-likeness (QED) is 0.183. The van der Waals surface area contributed by atoms with Crippen LogP contribution in [0.5, 0.6) is 0 Å². The Morgan fingerprint density at radius 2 is 1.85 bits per heavy atom. The predicted molar refractivity (Wildman–Crippen MR) is 132 cm³/mol. The zero-order valence-electron chi connectivity index (χ0n) is 17.0. The van der Waals surface area contributed by atoms with Crippen molar-refractivity contribution in [2.45, 2.75) is 5.16 Å². The SMILES string of the molecule is O=C(CSc1nnc(-c2ccccc2)n1-c1ccc(Br)cc1)N/N=C/c1c(F)cccc1Cl. The summed E-state index contributed by atoms with van der Waals surface area (Å²) in [5.74, 6) is -0.208. The van der Waals surface area contributed by atoms with Crippen LogP contribution in [0.3, 0.4) is 0 Å². The summed E-state index contributed by atoms with van der Waals surface area (Å²) < 4.78 is 16.6. The summed E-state index contributed by atoms with van der Waals surface area (Å²) in [5, 5.41) is 13.2. The van der Waals surface area contributed by atoms with Gasteiger partial charge in [-0.3, -0.25) is 9.36 Å². The predicted octanol–water partition coefficient (Wildman–Crippen LogP) is 5.73. The number of nitrogens with one attached hydrogen (secondary N) is 1. The molecule has 0 spiro atoms. The molecule has 0 atom stereocenters. The summed E-state index contributed by atoms with van der Waals surface area (Å²) in [6.45, 7) is 0. The van der Waals surface area contributed by atoms with Crippen LogP contribution in [0.4, 0.5) is 4.39 Å². The molecule has 1 aromatic heterocycles. The molecule has 0 aliphatic heterocycles. The van der Waals surface area contributed by atoms with E-state index in [1.807, 2.05) is 59.2 Å². The second-order valence-corrected chi connectivity index (χ2v) is 8.97. The molecule has 10 heteroatoms. The highest BCUT2D eigenvalue weighted by molar-refractivity contribution is 9.10. The first-order valence-corrected chi connectivity index (χ1v) is 11.8. The number of hydrogen-bond donors (Lipinski definition) is 1. The van der Waals surface area contributed by atoms with Gasteiger partial charge >= 0.3 is 0 Å². The average molecular weight is 545 g/mol. The summed E-state index contributed by atoms with van der Waals surface area (Å²) in [7, 11) is 0. The van der Waals surface area contributed by atoms with E-state index in [2.05, 4.69) is 36.7 Å². The minimum absolute atomic E-state index is 0.0335. The highest BCUT2D eigenvalue weighted by atomic mass is 79.9. The van der Waals surface area contributed by atoms with Gasteiger partial charge in [-0.1, -0.05) is 75.7 Å². The van der Waals surface area contributed by atoms with Gasteiger partial charge in [0.25, 0.3) is 5.91 Å². The zero-order valence-corrected chi connectivity index (χ0v) is 20.1. The molecule has 6 nitrogen and oxygen atoms in total. The molecule has 4 aromatic rings. The first kappa shape index (κ1) is 23.2. The first-order chi connectivity index (χ1) is 16.0. The number of carbonyl (C=O) groups is 1. The summed E-state index contributed by atoms with van der Waals surface area (Å²) >= 11 is 10.6. The van der Waals surface area contributed by atoms with Gasteiger partial charge < -0.3 is 0 Å². The van der Waals surface area contributed by atoms with Gasteiger partial charge in [0.05, 0.1) is 17.0 Å². The zero-order chi connectivity index (χ0) is 23.2. The van der Waals surface area contributed by atoms with Crippen molar-refractivity contribution >= 4 is 51.4 Å². The number of hydrazone groups is 1. The van der Waals surface area contributed by atoms with Crippen LogP contribution in [0, 0.1) is 5.82 Å². The molecule has 0 bridgehead atoms. The fourth-order valence-electron chi connectivity index (χ4n) is 2.93. The molecule has 33 heavy (non-hydrogen) atoms. The lowest BCUT2D eigenvalue weighted by molar-refractivity contribution is -0.118. The molecule has 3 aromatic carbocycles. The fraction of sp³-hybridized carbons (Fsp3) is 0.0435. The van der Waals surface area contributed by atoms with Gasteiger partial charge in [-0.25, -0.2) is 9.82 Å². The highest BCUT2D eigenvalue weighted by Crippen LogP contribution is 2.28. The smallest absolute Gasteiger partial charge is 0.250 e. The first-order valence-electron chi connectivity index (χ1n) is 9.68. The fourth-order valence-corrected chi connectivity index (χ4v) is 4.15. The van der Waals surface area contributed by atoms with E-state index in [0.29, 0.717) is 11.0 Å². The Bertz CT molecular complexity index is 1280. The number of hydrogen-bond acceptors (Lipinski definition) is 5. The molecule has 166 valence electrons. The Morgan fingerprint density at radius 1 is 1.09 bits per heavy atom. The summed E-state index contributed by atoms with van der Waals surface area (Å²) in [5.41, 5.74) is 4.25. The van der Waals surface area contributed by atoms with Crippen LogP contribution in [-0.4, -0.2) is 32.6 Å². The van der Waals surface area contributed by atoms with Crippen LogP contribution in [0.2, 0.25) is 5.02 Å². The molecular formula is C23H16BrClFN5OS. The lowest BCUT2D eigenvalue weighted by Crippen LogP contribution is -2.20. The van der Waals surface area contributed by atoms with Crippen molar-refractivity contribution in [1.29, 1.82) is 0 Å². The lowest BCUT2D eigenvalue weighted by Gasteiger charge is -2.10.